The molecule has 0 aliphatic rings. The van der Waals surface area contributed by atoms with E-state index in [4.69, 9.17) is 4.74 Å². The molecular formula is C35H50O2. The molecule has 2 heteroatoms. The Balaban J connectivity index is 1.49. The summed E-state index contributed by atoms with van der Waals surface area (Å²) in [5.74, 6) is -0.0432. The van der Waals surface area contributed by atoms with Crippen LogP contribution in [0.2, 0.25) is 0 Å². The van der Waals surface area contributed by atoms with Crippen LogP contribution in [-0.2, 0) is 20.4 Å². The zero-order valence-electron chi connectivity index (χ0n) is 24.4. The second-order valence-corrected chi connectivity index (χ2v) is 12.7. The molecule has 0 aliphatic heterocycles. The number of fused-ring (bicyclic) bond motifs is 2. The molecule has 0 saturated heterocycles. The van der Waals surface area contributed by atoms with E-state index in [0.29, 0.717) is 13.0 Å². The van der Waals surface area contributed by atoms with Crippen molar-refractivity contribution in [2.45, 2.75) is 123 Å². The maximum Gasteiger partial charge on any atom is 0.305 e. The molecule has 0 atom stereocenters. The second kappa shape index (κ2) is 13.4. The maximum absolute atomic E-state index is 12.2. The first-order valence-corrected chi connectivity index (χ1v) is 14.7. The number of carbonyl (C=O) groups is 1. The zero-order chi connectivity index (χ0) is 26.9. The third-order valence-electron chi connectivity index (χ3n) is 7.89. The molecule has 2 nitrogen and oxygen atoms in total. The quantitative estimate of drug-likeness (QED) is 0.124. The Kier molecular flexibility index (Phi) is 10.6. The van der Waals surface area contributed by atoms with Crippen LogP contribution in [0.25, 0.3) is 21.5 Å². The van der Waals surface area contributed by atoms with Gasteiger partial charge in [-0.15, -0.1) is 0 Å². The fourth-order valence-electron chi connectivity index (χ4n) is 5.20. The fraction of sp³-hybridized carbons (Fsp3) is 0.571. The standard InChI is InChI=1S/C35H50O2/c1-7-8-9-10-11-12-13-14-22-37-33(36)16-15-21-35(5,6)32-20-18-28-23-27-17-19-31(34(2,3)4)25-29(27)24-30(28)26-32/h17-20,23-26H,7-16,21-22H2,1-6H3. The highest BCUT2D eigenvalue weighted by Gasteiger charge is 2.21. The third kappa shape index (κ3) is 8.87. The summed E-state index contributed by atoms with van der Waals surface area (Å²) in [4.78, 5) is 12.2. The highest BCUT2D eigenvalue weighted by atomic mass is 16.5. The van der Waals surface area contributed by atoms with Gasteiger partial charge in [0, 0.05) is 6.42 Å². The van der Waals surface area contributed by atoms with Gasteiger partial charge in [-0.05, 0) is 74.9 Å². The molecular weight excluding hydrogens is 452 g/mol. The number of benzene rings is 3. The average molecular weight is 503 g/mol. The number of carbonyl (C=O) groups excluding carboxylic acids is 1. The SMILES string of the molecule is CCCCCCCCCCOC(=O)CCCC(C)(C)c1ccc2cc3ccc(C(C)(C)C)cc3cc2c1. The van der Waals surface area contributed by atoms with Crippen LogP contribution in [0.1, 0.15) is 123 Å². The summed E-state index contributed by atoms with van der Waals surface area (Å²) < 4.78 is 5.50. The number of rotatable bonds is 14. The van der Waals surface area contributed by atoms with E-state index in [9.17, 15) is 4.79 Å². The van der Waals surface area contributed by atoms with Crippen molar-refractivity contribution < 1.29 is 9.53 Å². The Bertz CT molecular complexity index is 1150. The van der Waals surface area contributed by atoms with Crippen LogP contribution in [0.3, 0.4) is 0 Å². The van der Waals surface area contributed by atoms with Gasteiger partial charge in [0.25, 0.3) is 0 Å². The molecule has 0 N–H and O–H groups in total. The third-order valence-corrected chi connectivity index (χ3v) is 7.89. The summed E-state index contributed by atoms with van der Waals surface area (Å²) in [6.07, 6.45) is 12.4. The van der Waals surface area contributed by atoms with E-state index in [1.807, 2.05) is 0 Å². The minimum absolute atomic E-state index is 0.00839. The molecule has 0 fully saturated rings. The summed E-state index contributed by atoms with van der Waals surface area (Å²) in [5, 5.41) is 5.15. The molecule has 3 aromatic carbocycles. The molecule has 3 aromatic rings. The Morgan fingerprint density at radius 2 is 1.19 bits per heavy atom. The van der Waals surface area contributed by atoms with E-state index in [2.05, 4.69) is 90.1 Å². The van der Waals surface area contributed by atoms with Crippen molar-refractivity contribution in [3.05, 3.63) is 59.7 Å². The van der Waals surface area contributed by atoms with E-state index in [-0.39, 0.29) is 16.8 Å². The van der Waals surface area contributed by atoms with Crippen molar-refractivity contribution >= 4 is 27.5 Å². The van der Waals surface area contributed by atoms with Crippen molar-refractivity contribution in [1.82, 2.24) is 0 Å². The summed E-state index contributed by atoms with van der Waals surface area (Å²) >= 11 is 0. The first-order valence-electron chi connectivity index (χ1n) is 14.7. The predicted octanol–water partition coefficient (Wildman–Crippen LogP) is 10.4. The molecule has 0 saturated carbocycles. The number of esters is 1. The molecule has 0 radical (unpaired) electrons. The monoisotopic (exact) mass is 502 g/mol. The van der Waals surface area contributed by atoms with E-state index in [0.717, 1.165) is 19.3 Å². The maximum atomic E-state index is 12.2. The van der Waals surface area contributed by atoms with Gasteiger partial charge in [-0.1, -0.05) is 123 Å². The first kappa shape index (κ1) is 29.2. The number of hydrogen-bond acceptors (Lipinski definition) is 2. The minimum atomic E-state index is -0.0432. The van der Waals surface area contributed by atoms with Gasteiger partial charge >= 0.3 is 5.97 Å². The van der Waals surface area contributed by atoms with Gasteiger partial charge in [0.1, 0.15) is 0 Å². The summed E-state index contributed by atoms with van der Waals surface area (Å²) in [7, 11) is 0. The molecule has 0 bridgehead atoms. The topological polar surface area (TPSA) is 26.3 Å². The van der Waals surface area contributed by atoms with Crippen molar-refractivity contribution in [3.63, 3.8) is 0 Å². The molecule has 0 heterocycles. The summed E-state index contributed by atoms with van der Waals surface area (Å²) in [6.45, 7) is 14.2. The Hall–Kier alpha value is -2.35. The van der Waals surface area contributed by atoms with Gasteiger partial charge < -0.3 is 4.74 Å². The molecule has 0 amide bonds. The van der Waals surface area contributed by atoms with Gasteiger partial charge in [-0.25, -0.2) is 0 Å². The molecule has 0 aromatic heterocycles. The van der Waals surface area contributed by atoms with Gasteiger partial charge in [0.2, 0.25) is 0 Å². The zero-order valence-corrected chi connectivity index (χ0v) is 24.4. The van der Waals surface area contributed by atoms with E-state index in [1.54, 1.807) is 0 Å². The van der Waals surface area contributed by atoms with E-state index >= 15 is 0 Å². The van der Waals surface area contributed by atoms with Crippen LogP contribution in [0.15, 0.2) is 48.5 Å². The van der Waals surface area contributed by atoms with Crippen molar-refractivity contribution in [1.29, 1.82) is 0 Å². The average Bonchev–Trinajstić information content (AvgIpc) is 2.85. The molecule has 3 rings (SSSR count). The van der Waals surface area contributed by atoms with Crippen LogP contribution in [0.4, 0.5) is 0 Å². The highest BCUT2D eigenvalue weighted by Crippen LogP contribution is 2.34. The summed E-state index contributed by atoms with van der Waals surface area (Å²) in [6, 6.07) is 18.3. The lowest BCUT2D eigenvalue weighted by Gasteiger charge is -2.26. The minimum Gasteiger partial charge on any atom is -0.466 e. The lowest BCUT2D eigenvalue weighted by Crippen LogP contribution is -2.18. The largest absolute Gasteiger partial charge is 0.466 e. The molecule has 0 unspecified atom stereocenters. The van der Waals surface area contributed by atoms with Crippen LogP contribution in [0, 0.1) is 0 Å². The van der Waals surface area contributed by atoms with E-state index < -0.39 is 0 Å². The smallest absolute Gasteiger partial charge is 0.305 e. The highest BCUT2D eigenvalue weighted by molar-refractivity contribution is 5.98. The number of ether oxygens (including phenoxy) is 1. The molecule has 37 heavy (non-hydrogen) atoms. The van der Waals surface area contributed by atoms with Crippen LogP contribution < -0.4 is 0 Å². The van der Waals surface area contributed by atoms with Crippen molar-refractivity contribution in [2.75, 3.05) is 6.61 Å². The van der Waals surface area contributed by atoms with Gasteiger partial charge in [-0.3, -0.25) is 4.79 Å². The lowest BCUT2D eigenvalue weighted by atomic mass is 9.79. The molecule has 0 spiro atoms. The number of hydrogen-bond donors (Lipinski definition) is 0. The van der Waals surface area contributed by atoms with Crippen LogP contribution >= 0.6 is 0 Å². The van der Waals surface area contributed by atoms with Gasteiger partial charge in [-0.2, -0.15) is 0 Å². The van der Waals surface area contributed by atoms with Crippen molar-refractivity contribution in [2.24, 2.45) is 0 Å². The fourth-order valence-corrected chi connectivity index (χ4v) is 5.20. The Labute approximate surface area is 226 Å². The second-order valence-electron chi connectivity index (χ2n) is 12.7. The van der Waals surface area contributed by atoms with Gasteiger partial charge in [0.15, 0.2) is 0 Å². The lowest BCUT2D eigenvalue weighted by molar-refractivity contribution is -0.143. The molecule has 0 aliphatic carbocycles. The Morgan fingerprint density at radius 3 is 1.81 bits per heavy atom. The van der Waals surface area contributed by atoms with Crippen LogP contribution in [-0.4, -0.2) is 12.6 Å². The van der Waals surface area contributed by atoms with Gasteiger partial charge in [0.05, 0.1) is 6.61 Å². The predicted molar refractivity (Wildman–Crippen MR) is 161 cm³/mol. The first-order chi connectivity index (χ1) is 17.6. The number of unbranched alkanes of at least 4 members (excludes halogenated alkanes) is 7. The molecule has 202 valence electrons. The Morgan fingerprint density at radius 1 is 0.649 bits per heavy atom. The normalized spacial score (nSPS) is 12.4. The van der Waals surface area contributed by atoms with E-state index in [1.165, 1.54) is 77.6 Å². The van der Waals surface area contributed by atoms with Crippen LogP contribution in [0.5, 0.6) is 0 Å². The van der Waals surface area contributed by atoms with Crippen molar-refractivity contribution in [3.8, 4) is 0 Å². The summed E-state index contributed by atoms with van der Waals surface area (Å²) in [5.41, 5.74) is 2.85.